The summed E-state index contributed by atoms with van der Waals surface area (Å²) in [7, 11) is 0. The lowest BCUT2D eigenvalue weighted by Crippen LogP contribution is -2.44. The highest BCUT2D eigenvalue weighted by molar-refractivity contribution is 6.00. The Hall–Kier alpha value is -2.82. The predicted molar refractivity (Wildman–Crippen MR) is 129 cm³/mol. The van der Waals surface area contributed by atoms with Crippen molar-refractivity contribution in [3.05, 3.63) is 59.2 Å². The van der Waals surface area contributed by atoms with Gasteiger partial charge in [0.15, 0.2) is 0 Å². The van der Waals surface area contributed by atoms with Gasteiger partial charge in [-0.3, -0.25) is 9.59 Å². The number of amides is 2. The second kappa shape index (κ2) is 10.2. The van der Waals surface area contributed by atoms with Crippen molar-refractivity contribution in [1.82, 2.24) is 9.80 Å². The number of para-hydroxylation sites is 1. The fourth-order valence-corrected chi connectivity index (χ4v) is 4.86. The van der Waals surface area contributed by atoms with E-state index in [2.05, 4.69) is 30.1 Å². The van der Waals surface area contributed by atoms with Crippen LogP contribution in [0.4, 0.5) is 11.4 Å². The SMILES string of the molecule is Cc1cccc(Nc2ccccc2C(=O)N2CCC(C(=O)N3CCCCCC3)CC2)c1C. The van der Waals surface area contributed by atoms with Crippen molar-refractivity contribution < 1.29 is 9.59 Å². The summed E-state index contributed by atoms with van der Waals surface area (Å²) in [6.07, 6.45) is 6.21. The number of anilines is 2. The van der Waals surface area contributed by atoms with Crippen LogP contribution in [0, 0.1) is 19.8 Å². The lowest BCUT2D eigenvalue weighted by Gasteiger charge is -2.34. The zero-order valence-electron chi connectivity index (χ0n) is 19.4. The molecule has 0 saturated carbocycles. The van der Waals surface area contributed by atoms with Crippen LogP contribution in [0.3, 0.4) is 0 Å². The van der Waals surface area contributed by atoms with Gasteiger partial charge in [0.1, 0.15) is 0 Å². The van der Waals surface area contributed by atoms with Crippen molar-refractivity contribution in [3.8, 4) is 0 Å². The predicted octanol–water partition coefficient (Wildman–Crippen LogP) is 5.30. The molecule has 2 aromatic carbocycles. The molecule has 0 spiro atoms. The fourth-order valence-electron chi connectivity index (χ4n) is 4.86. The van der Waals surface area contributed by atoms with E-state index in [0.29, 0.717) is 24.6 Å². The fraction of sp³-hybridized carbons (Fsp3) is 0.481. The third-order valence-electron chi connectivity index (χ3n) is 7.08. The maximum absolute atomic E-state index is 13.4. The van der Waals surface area contributed by atoms with Crippen LogP contribution in [-0.2, 0) is 4.79 Å². The molecule has 2 aliphatic heterocycles. The average Bonchev–Trinajstić information content (AvgIpc) is 3.11. The summed E-state index contributed by atoms with van der Waals surface area (Å²) in [6.45, 7) is 7.26. The number of aryl methyl sites for hydroxylation is 1. The Bertz CT molecular complexity index is 955. The Balaban J connectivity index is 1.41. The van der Waals surface area contributed by atoms with Gasteiger partial charge in [0.05, 0.1) is 11.3 Å². The molecule has 170 valence electrons. The summed E-state index contributed by atoms with van der Waals surface area (Å²) in [6, 6.07) is 13.9. The highest BCUT2D eigenvalue weighted by Gasteiger charge is 2.31. The number of hydrogen-bond acceptors (Lipinski definition) is 3. The molecule has 5 nitrogen and oxygen atoms in total. The van der Waals surface area contributed by atoms with E-state index < -0.39 is 0 Å². The van der Waals surface area contributed by atoms with Gasteiger partial charge in [-0.05, 0) is 68.9 Å². The first-order valence-corrected chi connectivity index (χ1v) is 12.0. The summed E-state index contributed by atoms with van der Waals surface area (Å²) in [4.78, 5) is 30.3. The van der Waals surface area contributed by atoms with E-state index in [1.807, 2.05) is 41.3 Å². The molecular weight excluding hydrogens is 398 g/mol. The van der Waals surface area contributed by atoms with Crippen molar-refractivity contribution in [2.24, 2.45) is 5.92 Å². The Morgan fingerprint density at radius 2 is 1.44 bits per heavy atom. The van der Waals surface area contributed by atoms with Gasteiger partial charge in [0.25, 0.3) is 5.91 Å². The van der Waals surface area contributed by atoms with Gasteiger partial charge in [-0.25, -0.2) is 0 Å². The van der Waals surface area contributed by atoms with E-state index in [0.717, 1.165) is 50.1 Å². The van der Waals surface area contributed by atoms with Crippen LogP contribution in [0.5, 0.6) is 0 Å². The Morgan fingerprint density at radius 3 is 2.16 bits per heavy atom. The lowest BCUT2D eigenvalue weighted by molar-refractivity contribution is -0.136. The first kappa shape index (κ1) is 22.4. The summed E-state index contributed by atoms with van der Waals surface area (Å²) >= 11 is 0. The number of carbonyl (C=O) groups is 2. The van der Waals surface area contributed by atoms with Gasteiger partial charge < -0.3 is 15.1 Å². The normalized spacial score (nSPS) is 17.7. The number of nitrogens with zero attached hydrogens (tertiary/aromatic N) is 2. The number of rotatable bonds is 4. The molecule has 5 heteroatoms. The molecule has 32 heavy (non-hydrogen) atoms. The first-order chi connectivity index (χ1) is 15.5. The third-order valence-corrected chi connectivity index (χ3v) is 7.08. The van der Waals surface area contributed by atoms with E-state index in [-0.39, 0.29) is 11.8 Å². The Morgan fingerprint density at radius 1 is 0.781 bits per heavy atom. The largest absolute Gasteiger partial charge is 0.355 e. The Labute approximate surface area is 191 Å². The van der Waals surface area contributed by atoms with Crippen LogP contribution in [0.25, 0.3) is 0 Å². The highest BCUT2D eigenvalue weighted by atomic mass is 16.2. The van der Waals surface area contributed by atoms with Crippen molar-refractivity contribution in [1.29, 1.82) is 0 Å². The molecule has 0 atom stereocenters. The van der Waals surface area contributed by atoms with Crippen LogP contribution in [0.15, 0.2) is 42.5 Å². The average molecular weight is 434 g/mol. The molecule has 2 aromatic rings. The van der Waals surface area contributed by atoms with Gasteiger partial charge in [0.2, 0.25) is 5.91 Å². The van der Waals surface area contributed by atoms with Gasteiger partial charge in [0, 0.05) is 37.8 Å². The molecule has 2 fully saturated rings. The molecule has 2 aliphatic rings. The van der Waals surface area contributed by atoms with E-state index >= 15 is 0 Å². The maximum Gasteiger partial charge on any atom is 0.255 e. The lowest BCUT2D eigenvalue weighted by atomic mass is 9.94. The quantitative estimate of drug-likeness (QED) is 0.712. The molecular formula is C27H35N3O2. The standard InChI is InChI=1S/C27H35N3O2/c1-20-10-9-13-24(21(20)2)28-25-12-6-5-11-23(25)27(32)30-18-14-22(15-19-30)26(31)29-16-7-3-4-8-17-29/h5-6,9-13,22,28H,3-4,7-8,14-19H2,1-2H3. The topological polar surface area (TPSA) is 52.7 Å². The number of carbonyl (C=O) groups excluding carboxylic acids is 2. The first-order valence-electron chi connectivity index (χ1n) is 12.0. The smallest absolute Gasteiger partial charge is 0.255 e. The van der Waals surface area contributed by atoms with Gasteiger partial charge in [-0.2, -0.15) is 0 Å². The van der Waals surface area contributed by atoms with Crippen molar-refractivity contribution in [2.75, 3.05) is 31.5 Å². The molecule has 2 amide bonds. The highest BCUT2D eigenvalue weighted by Crippen LogP contribution is 2.28. The number of benzene rings is 2. The zero-order valence-corrected chi connectivity index (χ0v) is 19.4. The van der Waals surface area contributed by atoms with Gasteiger partial charge >= 0.3 is 0 Å². The van der Waals surface area contributed by atoms with E-state index in [4.69, 9.17) is 0 Å². The molecule has 0 unspecified atom stereocenters. The maximum atomic E-state index is 13.4. The molecule has 0 radical (unpaired) electrons. The van der Waals surface area contributed by atoms with Gasteiger partial charge in [-0.1, -0.05) is 37.1 Å². The molecule has 4 rings (SSSR count). The van der Waals surface area contributed by atoms with Crippen molar-refractivity contribution in [2.45, 2.75) is 52.4 Å². The Kier molecular flexibility index (Phi) is 7.13. The third kappa shape index (κ3) is 4.98. The second-order valence-corrected chi connectivity index (χ2v) is 9.22. The van der Waals surface area contributed by atoms with Crippen LogP contribution in [0.2, 0.25) is 0 Å². The van der Waals surface area contributed by atoms with Crippen LogP contribution in [-0.4, -0.2) is 47.8 Å². The minimum Gasteiger partial charge on any atom is -0.355 e. The van der Waals surface area contributed by atoms with E-state index in [1.165, 1.54) is 24.0 Å². The van der Waals surface area contributed by atoms with Crippen LogP contribution < -0.4 is 5.32 Å². The van der Waals surface area contributed by atoms with Crippen molar-refractivity contribution in [3.63, 3.8) is 0 Å². The molecule has 0 aliphatic carbocycles. The van der Waals surface area contributed by atoms with E-state index in [1.54, 1.807) is 0 Å². The summed E-state index contributed by atoms with van der Waals surface area (Å²) < 4.78 is 0. The molecule has 2 heterocycles. The van der Waals surface area contributed by atoms with Gasteiger partial charge in [-0.15, -0.1) is 0 Å². The monoisotopic (exact) mass is 433 g/mol. The van der Waals surface area contributed by atoms with Crippen LogP contribution >= 0.6 is 0 Å². The molecule has 0 aromatic heterocycles. The number of hydrogen-bond donors (Lipinski definition) is 1. The molecule has 2 saturated heterocycles. The number of piperidine rings is 1. The minimum absolute atomic E-state index is 0.0408. The van der Waals surface area contributed by atoms with Crippen molar-refractivity contribution >= 4 is 23.2 Å². The minimum atomic E-state index is 0.0408. The zero-order chi connectivity index (χ0) is 22.5. The number of nitrogens with one attached hydrogen (secondary N) is 1. The second-order valence-electron chi connectivity index (χ2n) is 9.22. The van der Waals surface area contributed by atoms with Crippen LogP contribution in [0.1, 0.15) is 60.0 Å². The molecule has 1 N–H and O–H groups in total. The summed E-state index contributed by atoms with van der Waals surface area (Å²) in [5.74, 6) is 0.399. The van der Waals surface area contributed by atoms with E-state index in [9.17, 15) is 9.59 Å². The number of likely N-dealkylation sites (tertiary alicyclic amines) is 2. The summed E-state index contributed by atoms with van der Waals surface area (Å²) in [5.41, 5.74) is 4.93. The summed E-state index contributed by atoms with van der Waals surface area (Å²) in [5, 5.41) is 3.47. The molecule has 0 bridgehead atoms.